The lowest BCUT2D eigenvalue weighted by atomic mass is 10.1. The van der Waals surface area contributed by atoms with Crippen molar-refractivity contribution in [3.05, 3.63) is 28.8 Å². The summed E-state index contributed by atoms with van der Waals surface area (Å²) in [5, 5.41) is 5.85. The number of nitrogens with one attached hydrogen (secondary N) is 2. The van der Waals surface area contributed by atoms with Crippen LogP contribution < -0.4 is 10.6 Å². The number of amides is 2. The highest BCUT2D eigenvalue weighted by Gasteiger charge is 2.18. The Balaban J connectivity index is 2.02. The monoisotopic (exact) mass is 248 g/mol. The van der Waals surface area contributed by atoms with E-state index in [4.69, 9.17) is 4.74 Å². The molecule has 1 aromatic rings. The molecule has 0 spiro atoms. The Labute approximate surface area is 108 Å². The summed E-state index contributed by atoms with van der Waals surface area (Å²) in [7, 11) is 0. The van der Waals surface area contributed by atoms with Gasteiger partial charge in [-0.15, -0.1) is 0 Å². The highest BCUT2D eigenvalue weighted by molar-refractivity contribution is 5.91. The fourth-order valence-electron chi connectivity index (χ4n) is 2.36. The van der Waals surface area contributed by atoms with Crippen LogP contribution >= 0.6 is 0 Å². The summed E-state index contributed by atoms with van der Waals surface area (Å²) in [6.45, 7) is 7.41. The number of benzene rings is 1. The first-order chi connectivity index (χ1) is 8.56. The second-order valence-electron chi connectivity index (χ2n) is 4.93. The Hall–Kier alpha value is -1.55. The molecular formula is C14H20N2O2. The van der Waals surface area contributed by atoms with E-state index in [0.29, 0.717) is 6.61 Å². The molecule has 18 heavy (non-hydrogen) atoms. The van der Waals surface area contributed by atoms with Gasteiger partial charge in [-0.2, -0.15) is 0 Å². The molecule has 4 nitrogen and oxygen atoms in total. The molecule has 2 amide bonds. The van der Waals surface area contributed by atoms with Gasteiger partial charge >= 0.3 is 6.03 Å². The first-order valence-corrected chi connectivity index (χ1v) is 6.29. The molecule has 1 unspecified atom stereocenters. The van der Waals surface area contributed by atoms with E-state index in [2.05, 4.69) is 29.7 Å². The van der Waals surface area contributed by atoms with Crippen LogP contribution in [0.25, 0.3) is 0 Å². The van der Waals surface area contributed by atoms with Gasteiger partial charge in [-0.1, -0.05) is 17.7 Å². The van der Waals surface area contributed by atoms with Gasteiger partial charge in [0.15, 0.2) is 0 Å². The fraction of sp³-hybridized carbons (Fsp3) is 0.500. The van der Waals surface area contributed by atoms with E-state index in [1.54, 1.807) is 0 Å². The highest BCUT2D eigenvalue weighted by Crippen LogP contribution is 2.21. The van der Waals surface area contributed by atoms with E-state index in [0.717, 1.165) is 29.8 Å². The van der Waals surface area contributed by atoms with Crippen LogP contribution in [0.2, 0.25) is 0 Å². The molecule has 1 aromatic carbocycles. The predicted octanol–water partition coefficient (Wildman–Crippen LogP) is 2.52. The number of urea groups is 1. The van der Waals surface area contributed by atoms with Gasteiger partial charge in [-0.25, -0.2) is 4.79 Å². The minimum Gasteiger partial charge on any atom is -0.379 e. The second-order valence-corrected chi connectivity index (χ2v) is 4.93. The van der Waals surface area contributed by atoms with Crippen molar-refractivity contribution in [1.29, 1.82) is 0 Å². The maximum Gasteiger partial charge on any atom is 0.319 e. The third kappa shape index (κ3) is 3.01. The second kappa shape index (κ2) is 5.40. The zero-order valence-electron chi connectivity index (χ0n) is 11.2. The van der Waals surface area contributed by atoms with Crippen LogP contribution in [0, 0.1) is 20.8 Å². The molecule has 0 aromatic heterocycles. The highest BCUT2D eigenvalue weighted by atomic mass is 16.5. The standard InChI is InChI=1S/C14H20N2O2/c1-9-6-10(2)13(11(3)7-9)16-14(17)15-12-4-5-18-8-12/h6-7,12H,4-5,8H2,1-3H3,(H2,15,16,17). The molecule has 1 fully saturated rings. The third-order valence-corrected chi connectivity index (χ3v) is 3.18. The number of rotatable bonds is 2. The fourth-order valence-corrected chi connectivity index (χ4v) is 2.36. The average Bonchev–Trinajstić information content (AvgIpc) is 2.76. The van der Waals surface area contributed by atoms with Crippen LogP contribution in [-0.2, 0) is 4.74 Å². The molecule has 0 radical (unpaired) electrons. The van der Waals surface area contributed by atoms with Gasteiger partial charge in [0.25, 0.3) is 0 Å². The van der Waals surface area contributed by atoms with Gasteiger partial charge in [0.2, 0.25) is 0 Å². The molecule has 2 N–H and O–H groups in total. The summed E-state index contributed by atoms with van der Waals surface area (Å²) in [6.07, 6.45) is 0.888. The Morgan fingerprint density at radius 3 is 2.50 bits per heavy atom. The van der Waals surface area contributed by atoms with E-state index in [-0.39, 0.29) is 12.1 Å². The topological polar surface area (TPSA) is 50.4 Å². The van der Waals surface area contributed by atoms with Crippen LogP contribution in [0.5, 0.6) is 0 Å². The number of carbonyl (C=O) groups is 1. The van der Waals surface area contributed by atoms with Gasteiger partial charge in [-0.05, 0) is 38.3 Å². The predicted molar refractivity (Wildman–Crippen MR) is 72.0 cm³/mol. The summed E-state index contributed by atoms with van der Waals surface area (Å²) in [4.78, 5) is 11.9. The minimum absolute atomic E-state index is 0.135. The number of anilines is 1. The van der Waals surface area contributed by atoms with Crippen LogP contribution in [0.1, 0.15) is 23.1 Å². The zero-order chi connectivity index (χ0) is 13.1. The lowest BCUT2D eigenvalue weighted by Crippen LogP contribution is -2.38. The normalized spacial score (nSPS) is 18.7. The Morgan fingerprint density at radius 1 is 1.28 bits per heavy atom. The quantitative estimate of drug-likeness (QED) is 0.845. The summed E-state index contributed by atoms with van der Waals surface area (Å²) in [5.41, 5.74) is 4.29. The molecule has 0 bridgehead atoms. The Bertz CT molecular complexity index is 428. The molecule has 4 heteroatoms. The minimum atomic E-state index is -0.152. The van der Waals surface area contributed by atoms with Crippen molar-refractivity contribution in [1.82, 2.24) is 5.32 Å². The van der Waals surface area contributed by atoms with E-state index in [9.17, 15) is 4.79 Å². The number of hydrogen-bond donors (Lipinski definition) is 2. The molecule has 1 saturated heterocycles. The smallest absolute Gasteiger partial charge is 0.319 e. The molecule has 1 aliphatic rings. The maximum atomic E-state index is 11.9. The molecular weight excluding hydrogens is 228 g/mol. The van der Waals surface area contributed by atoms with Crippen LogP contribution in [0.15, 0.2) is 12.1 Å². The SMILES string of the molecule is Cc1cc(C)c(NC(=O)NC2CCOC2)c(C)c1. The Morgan fingerprint density at radius 2 is 1.94 bits per heavy atom. The largest absolute Gasteiger partial charge is 0.379 e. The summed E-state index contributed by atoms with van der Waals surface area (Å²) < 4.78 is 5.23. The zero-order valence-corrected chi connectivity index (χ0v) is 11.2. The van der Waals surface area contributed by atoms with E-state index >= 15 is 0 Å². The number of aryl methyl sites for hydroxylation is 3. The molecule has 0 saturated carbocycles. The molecule has 2 rings (SSSR count). The van der Waals surface area contributed by atoms with Crippen molar-refractivity contribution >= 4 is 11.7 Å². The summed E-state index contributed by atoms with van der Waals surface area (Å²) in [5.74, 6) is 0. The molecule has 98 valence electrons. The first-order valence-electron chi connectivity index (χ1n) is 6.29. The first kappa shape index (κ1) is 12.9. The van der Waals surface area contributed by atoms with E-state index in [1.165, 1.54) is 5.56 Å². The number of ether oxygens (including phenoxy) is 1. The number of carbonyl (C=O) groups excluding carboxylic acids is 1. The van der Waals surface area contributed by atoms with Crippen LogP contribution in [0.3, 0.4) is 0 Å². The van der Waals surface area contributed by atoms with Crippen molar-refractivity contribution in [2.24, 2.45) is 0 Å². The van der Waals surface area contributed by atoms with E-state index in [1.807, 2.05) is 13.8 Å². The lowest BCUT2D eigenvalue weighted by molar-refractivity contribution is 0.189. The van der Waals surface area contributed by atoms with Crippen molar-refractivity contribution in [2.45, 2.75) is 33.2 Å². The van der Waals surface area contributed by atoms with Crippen molar-refractivity contribution in [2.75, 3.05) is 18.5 Å². The van der Waals surface area contributed by atoms with Crippen molar-refractivity contribution < 1.29 is 9.53 Å². The van der Waals surface area contributed by atoms with E-state index < -0.39 is 0 Å². The van der Waals surface area contributed by atoms with Crippen LogP contribution in [-0.4, -0.2) is 25.3 Å². The third-order valence-electron chi connectivity index (χ3n) is 3.18. The molecule has 1 aliphatic heterocycles. The van der Waals surface area contributed by atoms with Crippen molar-refractivity contribution in [3.63, 3.8) is 0 Å². The lowest BCUT2D eigenvalue weighted by Gasteiger charge is -2.15. The molecule has 0 aliphatic carbocycles. The van der Waals surface area contributed by atoms with Crippen molar-refractivity contribution in [3.8, 4) is 0 Å². The van der Waals surface area contributed by atoms with Gasteiger partial charge < -0.3 is 15.4 Å². The number of hydrogen-bond acceptors (Lipinski definition) is 2. The average molecular weight is 248 g/mol. The molecule has 1 atom stereocenters. The maximum absolute atomic E-state index is 11.9. The Kier molecular flexibility index (Phi) is 3.87. The summed E-state index contributed by atoms with van der Waals surface area (Å²) in [6, 6.07) is 4.12. The van der Waals surface area contributed by atoms with Gasteiger partial charge in [0.05, 0.1) is 12.6 Å². The van der Waals surface area contributed by atoms with Gasteiger partial charge in [-0.3, -0.25) is 0 Å². The summed E-state index contributed by atoms with van der Waals surface area (Å²) >= 11 is 0. The molecule has 1 heterocycles. The van der Waals surface area contributed by atoms with Gasteiger partial charge in [0.1, 0.15) is 0 Å². The van der Waals surface area contributed by atoms with Crippen LogP contribution in [0.4, 0.5) is 10.5 Å². The van der Waals surface area contributed by atoms with Gasteiger partial charge in [0, 0.05) is 12.3 Å².